The maximum atomic E-state index is 13.6. The molecule has 0 aromatic heterocycles. The molecule has 9 heteroatoms. The summed E-state index contributed by atoms with van der Waals surface area (Å²) < 4.78 is 81.3. The fourth-order valence-electron chi connectivity index (χ4n) is 6.33. The number of carbonyl (C=O) groups excluding carboxylic acids is 1. The van der Waals surface area contributed by atoms with Crippen molar-refractivity contribution in [1.29, 1.82) is 0 Å². The molecule has 2 rings (SSSR count). The van der Waals surface area contributed by atoms with Crippen molar-refractivity contribution in [3.8, 4) is 0 Å². The van der Waals surface area contributed by atoms with E-state index in [1.54, 1.807) is 6.92 Å². The molecule has 2 fully saturated rings. The van der Waals surface area contributed by atoms with Crippen molar-refractivity contribution in [2.45, 2.75) is 109 Å². The molecule has 2 aliphatic rings. The largest absolute Gasteiger partial charge is 0.426 e. The maximum Gasteiger partial charge on any atom is 0.426 e. The van der Waals surface area contributed by atoms with Crippen molar-refractivity contribution in [3.05, 3.63) is 0 Å². The summed E-state index contributed by atoms with van der Waals surface area (Å²) in [5.74, 6) is -0.922. The fourth-order valence-corrected chi connectivity index (χ4v) is 6.33. The summed E-state index contributed by atoms with van der Waals surface area (Å²) in [6, 6.07) is 0. The number of carbonyl (C=O) groups is 1. The van der Waals surface area contributed by atoms with Crippen molar-refractivity contribution in [2.75, 3.05) is 0 Å². The number of Topliss-reactive ketones (excluding diaryl/α,β-unsaturated/α-hetero) is 1. The molecule has 31 heavy (non-hydrogen) atoms. The Morgan fingerprint density at radius 2 is 1.52 bits per heavy atom. The van der Waals surface area contributed by atoms with E-state index in [2.05, 4.69) is 0 Å². The predicted molar refractivity (Wildman–Crippen MR) is 103 cm³/mol. The molecule has 0 aliphatic heterocycles. The minimum atomic E-state index is -5.88. The average Bonchev–Trinajstić information content (AvgIpc) is 2.90. The first-order valence-electron chi connectivity index (χ1n) is 10.9. The molecule has 4 atom stereocenters. The Balaban J connectivity index is 2.47. The summed E-state index contributed by atoms with van der Waals surface area (Å²) in [5.41, 5.74) is -8.17. The van der Waals surface area contributed by atoms with Crippen molar-refractivity contribution in [1.82, 2.24) is 0 Å². The summed E-state index contributed by atoms with van der Waals surface area (Å²) in [4.78, 5) is 12.5. The maximum absolute atomic E-state index is 13.6. The molecule has 3 nitrogen and oxygen atoms in total. The van der Waals surface area contributed by atoms with Crippen LogP contribution >= 0.6 is 0 Å². The van der Waals surface area contributed by atoms with E-state index >= 15 is 0 Å². The average molecular weight is 460 g/mol. The molecule has 0 aromatic rings. The van der Waals surface area contributed by atoms with Gasteiger partial charge >= 0.3 is 12.4 Å². The molecular weight excluding hydrogens is 426 g/mol. The SMILES string of the molecule is CC(C)(O)CCC[C@](C)(CC(O)(C(F)(F)F)C(F)(F)F)[C@H]1CCC2C(=O)CCC[C@@]21C. The smallest absolute Gasteiger partial charge is 0.390 e. The normalized spacial score (nSPS) is 30.3. The molecule has 0 amide bonds. The van der Waals surface area contributed by atoms with Crippen LogP contribution in [0, 0.1) is 22.7 Å². The van der Waals surface area contributed by atoms with Crippen LogP contribution in [0.4, 0.5) is 26.3 Å². The third kappa shape index (κ3) is 5.07. The summed E-state index contributed by atoms with van der Waals surface area (Å²) in [6.45, 7) is 6.25. The topological polar surface area (TPSA) is 57.5 Å². The Labute approximate surface area is 179 Å². The second-order valence-corrected chi connectivity index (χ2v) is 10.9. The number of ketones is 1. The predicted octanol–water partition coefficient (Wildman–Crippen LogP) is 5.97. The Bertz CT molecular complexity index is 652. The van der Waals surface area contributed by atoms with Crippen molar-refractivity contribution >= 4 is 5.78 Å². The molecule has 2 N–H and O–H groups in total. The van der Waals surface area contributed by atoms with E-state index in [1.165, 1.54) is 20.8 Å². The van der Waals surface area contributed by atoms with Gasteiger partial charge in [-0.25, -0.2) is 0 Å². The monoisotopic (exact) mass is 460 g/mol. The zero-order valence-electron chi connectivity index (χ0n) is 18.6. The number of aliphatic hydroxyl groups is 2. The highest BCUT2D eigenvalue weighted by Gasteiger charge is 2.72. The minimum absolute atomic E-state index is 0.0212. The van der Waals surface area contributed by atoms with Crippen LogP contribution in [0.2, 0.25) is 0 Å². The van der Waals surface area contributed by atoms with Gasteiger partial charge in [-0.3, -0.25) is 4.79 Å². The highest BCUT2D eigenvalue weighted by atomic mass is 19.4. The molecule has 0 heterocycles. The van der Waals surface area contributed by atoms with Crippen LogP contribution < -0.4 is 0 Å². The lowest BCUT2D eigenvalue weighted by Crippen LogP contribution is -2.60. The van der Waals surface area contributed by atoms with E-state index in [9.17, 15) is 41.4 Å². The quantitative estimate of drug-likeness (QED) is 0.461. The molecule has 2 aliphatic carbocycles. The summed E-state index contributed by atoms with van der Waals surface area (Å²) in [5, 5.41) is 20.0. The molecule has 0 aromatic carbocycles. The second kappa shape index (κ2) is 8.19. The number of alkyl halides is 6. The van der Waals surface area contributed by atoms with Gasteiger partial charge in [-0.2, -0.15) is 26.3 Å². The number of halogens is 6. The van der Waals surface area contributed by atoms with E-state index in [0.717, 1.165) is 0 Å². The van der Waals surface area contributed by atoms with Gasteiger partial charge in [0.2, 0.25) is 0 Å². The lowest BCUT2D eigenvalue weighted by Gasteiger charge is -2.51. The highest BCUT2D eigenvalue weighted by Crippen LogP contribution is 2.64. The van der Waals surface area contributed by atoms with Crippen LogP contribution in [0.15, 0.2) is 0 Å². The third-order valence-corrected chi connectivity index (χ3v) is 7.84. The fraction of sp³-hybridized carbons (Fsp3) is 0.955. The van der Waals surface area contributed by atoms with Gasteiger partial charge in [0.1, 0.15) is 5.78 Å². The van der Waals surface area contributed by atoms with Gasteiger partial charge in [0.15, 0.2) is 0 Å². The number of fused-ring (bicyclic) bond motifs is 1. The molecular formula is C22H34F6O3. The molecule has 1 unspecified atom stereocenters. The van der Waals surface area contributed by atoms with Crippen LogP contribution in [0.5, 0.6) is 0 Å². The van der Waals surface area contributed by atoms with Gasteiger partial charge in [-0.1, -0.05) is 20.3 Å². The number of hydrogen-bond acceptors (Lipinski definition) is 3. The summed E-state index contributed by atoms with van der Waals surface area (Å²) in [7, 11) is 0. The van der Waals surface area contributed by atoms with E-state index in [0.29, 0.717) is 32.1 Å². The van der Waals surface area contributed by atoms with Crippen LogP contribution in [-0.4, -0.2) is 39.6 Å². The van der Waals surface area contributed by atoms with Gasteiger partial charge in [0.05, 0.1) is 5.60 Å². The Morgan fingerprint density at radius 1 is 0.968 bits per heavy atom. The van der Waals surface area contributed by atoms with E-state index in [-0.39, 0.29) is 31.0 Å². The number of rotatable bonds is 7. The molecule has 0 spiro atoms. The van der Waals surface area contributed by atoms with E-state index in [1.807, 2.05) is 0 Å². The van der Waals surface area contributed by atoms with Crippen molar-refractivity contribution < 1.29 is 41.4 Å². The summed E-state index contributed by atoms with van der Waals surface area (Å²) >= 11 is 0. The molecule has 0 saturated heterocycles. The third-order valence-electron chi connectivity index (χ3n) is 7.84. The lowest BCUT2D eigenvalue weighted by atomic mass is 9.54. The van der Waals surface area contributed by atoms with Gasteiger partial charge in [0, 0.05) is 12.3 Å². The van der Waals surface area contributed by atoms with Gasteiger partial charge in [-0.05, 0) is 75.5 Å². The first-order valence-corrected chi connectivity index (χ1v) is 10.9. The van der Waals surface area contributed by atoms with E-state index in [4.69, 9.17) is 0 Å². The van der Waals surface area contributed by atoms with Crippen LogP contribution in [0.25, 0.3) is 0 Å². The zero-order chi connectivity index (χ0) is 24.1. The first kappa shape index (κ1) is 26.4. The lowest BCUT2D eigenvalue weighted by molar-refractivity contribution is -0.378. The molecule has 182 valence electrons. The zero-order valence-corrected chi connectivity index (χ0v) is 18.6. The van der Waals surface area contributed by atoms with Gasteiger partial charge in [0.25, 0.3) is 5.60 Å². The molecule has 2 saturated carbocycles. The molecule has 0 bridgehead atoms. The van der Waals surface area contributed by atoms with Gasteiger partial charge in [-0.15, -0.1) is 0 Å². The molecule has 0 radical (unpaired) electrons. The Morgan fingerprint density at radius 3 is 2.00 bits per heavy atom. The number of hydrogen-bond donors (Lipinski definition) is 2. The Hall–Kier alpha value is -0.830. The van der Waals surface area contributed by atoms with Gasteiger partial charge < -0.3 is 10.2 Å². The Kier molecular flexibility index (Phi) is 6.98. The first-order chi connectivity index (χ1) is 13.8. The minimum Gasteiger partial charge on any atom is -0.390 e. The van der Waals surface area contributed by atoms with E-state index < -0.39 is 46.7 Å². The standard InChI is InChI=1S/C22H34F6O3/c1-17(2,30)10-6-11-18(3,13-20(31,21(23,24)25)22(26,27)28)16-9-8-14-15(29)7-5-12-19(14,16)4/h14,16,30-31H,5-13H2,1-4H3/t14?,16-,18-,19+/m1/s1. The van der Waals surface area contributed by atoms with Crippen LogP contribution in [0.1, 0.15) is 85.5 Å². The second-order valence-electron chi connectivity index (χ2n) is 10.9. The highest BCUT2D eigenvalue weighted by molar-refractivity contribution is 5.83. The van der Waals surface area contributed by atoms with Crippen LogP contribution in [0.3, 0.4) is 0 Å². The van der Waals surface area contributed by atoms with Crippen molar-refractivity contribution in [3.63, 3.8) is 0 Å². The van der Waals surface area contributed by atoms with Crippen molar-refractivity contribution in [2.24, 2.45) is 22.7 Å². The van der Waals surface area contributed by atoms with Crippen LogP contribution in [-0.2, 0) is 4.79 Å². The summed E-state index contributed by atoms with van der Waals surface area (Å²) in [6.07, 6.45) is -10.6.